The number of nitrogens with two attached hydrogens (primary N) is 1. The van der Waals surface area contributed by atoms with Crippen LogP contribution >= 0.6 is 0 Å². The number of carbonyl (C=O) groups excluding carboxylic acids is 2. The molecule has 0 radical (unpaired) electrons. The van der Waals surface area contributed by atoms with Crippen molar-refractivity contribution in [1.82, 2.24) is 25.1 Å². The van der Waals surface area contributed by atoms with Crippen molar-refractivity contribution in [1.29, 1.82) is 0 Å². The van der Waals surface area contributed by atoms with Crippen LogP contribution in [0.3, 0.4) is 0 Å². The van der Waals surface area contributed by atoms with E-state index in [9.17, 15) is 9.59 Å². The van der Waals surface area contributed by atoms with Crippen molar-refractivity contribution in [2.45, 2.75) is 46.2 Å². The van der Waals surface area contributed by atoms with E-state index in [1.54, 1.807) is 11.6 Å². The number of carbonyl (C=O) groups is 2. The highest BCUT2D eigenvalue weighted by Gasteiger charge is 2.22. The predicted molar refractivity (Wildman–Crippen MR) is 113 cm³/mol. The van der Waals surface area contributed by atoms with E-state index in [1.165, 1.54) is 5.01 Å². The van der Waals surface area contributed by atoms with Gasteiger partial charge in [-0.15, -0.1) is 0 Å². The molecule has 0 fully saturated rings. The lowest BCUT2D eigenvalue weighted by Gasteiger charge is -2.23. The van der Waals surface area contributed by atoms with Crippen molar-refractivity contribution >= 4 is 17.5 Å². The average Bonchev–Trinajstić information content (AvgIpc) is 3.09. The lowest BCUT2D eigenvalue weighted by molar-refractivity contribution is -0.132. The minimum atomic E-state index is -0.296. The summed E-state index contributed by atoms with van der Waals surface area (Å²) in [5, 5.41) is 13.0. The van der Waals surface area contributed by atoms with Crippen molar-refractivity contribution in [2.75, 3.05) is 13.1 Å². The quantitative estimate of drug-likeness (QED) is 0.680. The zero-order chi connectivity index (χ0) is 21.7. The van der Waals surface area contributed by atoms with E-state index in [-0.39, 0.29) is 30.3 Å². The number of amides is 2. The summed E-state index contributed by atoms with van der Waals surface area (Å²) >= 11 is 0. The molecule has 0 aliphatic carbocycles. The van der Waals surface area contributed by atoms with Crippen LogP contribution in [0.2, 0.25) is 0 Å². The molecular formula is C21H29N7O2. The molecule has 0 unspecified atom stereocenters. The minimum absolute atomic E-state index is 0.0308. The van der Waals surface area contributed by atoms with Gasteiger partial charge in [0.2, 0.25) is 11.8 Å². The standard InChI is InChI=1S/C21H29N7O2/c1-14(2)20(22)21-24-15(3)25-28(21)13-18(29)23-11-12-27-19(30)10-9-17(26-27)16-7-5-4-6-8-16/h4-8,14,20H,9-13,22H2,1-3H3,(H,23,29)/t20-/m0/s1. The number of nitrogens with one attached hydrogen (secondary N) is 1. The molecule has 160 valence electrons. The Morgan fingerprint density at radius 1 is 1.23 bits per heavy atom. The van der Waals surface area contributed by atoms with Crippen LogP contribution in [0.25, 0.3) is 0 Å². The highest BCUT2D eigenvalue weighted by Crippen LogP contribution is 2.17. The second-order valence-electron chi connectivity index (χ2n) is 7.72. The molecule has 1 atom stereocenters. The second-order valence-corrected chi connectivity index (χ2v) is 7.72. The van der Waals surface area contributed by atoms with Gasteiger partial charge in [0.05, 0.1) is 18.3 Å². The molecule has 1 aromatic heterocycles. The van der Waals surface area contributed by atoms with E-state index in [0.717, 1.165) is 11.3 Å². The van der Waals surface area contributed by atoms with Gasteiger partial charge in [-0.3, -0.25) is 9.59 Å². The van der Waals surface area contributed by atoms with Gasteiger partial charge in [0.25, 0.3) is 0 Å². The Hall–Kier alpha value is -3.07. The molecule has 3 rings (SSSR count). The first-order chi connectivity index (χ1) is 14.3. The molecule has 0 saturated carbocycles. The van der Waals surface area contributed by atoms with Crippen LogP contribution in [-0.2, 0) is 16.1 Å². The first kappa shape index (κ1) is 21.6. The van der Waals surface area contributed by atoms with E-state index in [1.807, 2.05) is 44.2 Å². The summed E-state index contributed by atoms with van der Waals surface area (Å²) in [7, 11) is 0. The SMILES string of the molecule is Cc1nc([C@@H](N)C(C)C)n(CC(=O)NCCN2N=C(c3ccccc3)CCC2=O)n1. The third-order valence-electron chi connectivity index (χ3n) is 4.97. The van der Waals surface area contributed by atoms with E-state index in [4.69, 9.17) is 5.73 Å². The fourth-order valence-electron chi connectivity index (χ4n) is 3.24. The van der Waals surface area contributed by atoms with Crippen molar-refractivity contribution < 1.29 is 9.59 Å². The molecule has 3 N–H and O–H groups in total. The Balaban J connectivity index is 1.56. The maximum Gasteiger partial charge on any atom is 0.243 e. The van der Waals surface area contributed by atoms with Crippen molar-refractivity contribution in [3.05, 3.63) is 47.5 Å². The molecule has 0 spiro atoms. The summed E-state index contributed by atoms with van der Waals surface area (Å²) in [4.78, 5) is 29.0. The van der Waals surface area contributed by atoms with Crippen molar-refractivity contribution in [3.8, 4) is 0 Å². The Morgan fingerprint density at radius 2 is 1.97 bits per heavy atom. The van der Waals surface area contributed by atoms with Crippen LogP contribution in [0.4, 0.5) is 0 Å². The van der Waals surface area contributed by atoms with Gasteiger partial charge in [-0.1, -0.05) is 44.2 Å². The average molecular weight is 412 g/mol. The van der Waals surface area contributed by atoms with Crippen LogP contribution in [0.15, 0.2) is 35.4 Å². The second kappa shape index (κ2) is 9.62. The summed E-state index contributed by atoms with van der Waals surface area (Å²) in [6.07, 6.45) is 1.03. The Kier molecular flexibility index (Phi) is 6.94. The number of aromatic nitrogens is 3. The molecule has 1 aromatic carbocycles. The number of hydrogen-bond acceptors (Lipinski definition) is 6. The van der Waals surface area contributed by atoms with Crippen LogP contribution in [-0.4, -0.2) is 50.4 Å². The molecule has 0 saturated heterocycles. The molecule has 1 aliphatic heterocycles. The topological polar surface area (TPSA) is 118 Å². The number of nitrogens with zero attached hydrogens (tertiary/aromatic N) is 5. The number of aryl methyl sites for hydroxylation is 1. The maximum absolute atomic E-state index is 12.4. The minimum Gasteiger partial charge on any atom is -0.353 e. The lowest BCUT2D eigenvalue weighted by atomic mass is 10.0. The molecule has 1 aliphatic rings. The van der Waals surface area contributed by atoms with Gasteiger partial charge in [-0.2, -0.15) is 10.2 Å². The first-order valence-corrected chi connectivity index (χ1v) is 10.2. The molecule has 2 heterocycles. The van der Waals surface area contributed by atoms with Gasteiger partial charge in [-0.05, 0) is 18.4 Å². The van der Waals surface area contributed by atoms with Crippen LogP contribution < -0.4 is 11.1 Å². The zero-order valence-corrected chi connectivity index (χ0v) is 17.7. The van der Waals surface area contributed by atoms with Crippen molar-refractivity contribution in [3.63, 3.8) is 0 Å². The third kappa shape index (κ3) is 5.29. The van der Waals surface area contributed by atoms with Crippen LogP contribution in [0.1, 0.15) is 49.9 Å². The lowest BCUT2D eigenvalue weighted by Crippen LogP contribution is -2.39. The number of benzene rings is 1. The van der Waals surface area contributed by atoms with E-state index < -0.39 is 0 Å². The molecule has 9 nitrogen and oxygen atoms in total. The Morgan fingerprint density at radius 3 is 2.67 bits per heavy atom. The first-order valence-electron chi connectivity index (χ1n) is 10.2. The van der Waals surface area contributed by atoms with Crippen molar-refractivity contribution in [2.24, 2.45) is 16.8 Å². The van der Waals surface area contributed by atoms with Gasteiger partial charge in [-0.25, -0.2) is 14.7 Å². The van der Waals surface area contributed by atoms with E-state index >= 15 is 0 Å². The largest absolute Gasteiger partial charge is 0.353 e. The maximum atomic E-state index is 12.4. The summed E-state index contributed by atoms with van der Waals surface area (Å²) in [5.74, 6) is 1.10. The summed E-state index contributed by atoms with van der Waals surface area (Å²) in [6, 6.07) is 9.51. The van der Waals surface area contributed by atoms with Gasteiger partial charge in [0.1, 0.15) is 18.2 Å². The zero-order valence-electron chi connectivity index (χ0n) is 17.7. The Bertz CT molecular complexity index is 921. The Labute approximate surface area is 176 Å². The van der Waals surface area contributed by atoms with Crippen LogP contribution in [0, 0.1) is 12.8 Å². The smallest absolute Gasteiger partial charge is 0.243 e. The molecular weight excluding hydrogens is 382 g/mol. The molecule has 9 heteroatoms. The molecule has 0 bridgehead atoms. The predicted octanol–water partition coefficient (Wildman–Crippen LogP) is 1.39. The van der Waals surface area contributed by atoms with Gasteiger partial charge < -0.3 is 11.1 Å². The normalized spacial score (nSPS) is 15.3. The fraction of sp³-hybridized carbons (Fsp3) is 0.476. The van der Waals surface area contributed by atoms with Gasteiger partial charge >= 0.3 is 0 Å². The third-order valence-corrected chi connectivity index (χ3v) is 4.97. The monoisotopic (exact) mass is 411 g/mol. The van der Waals surface area contributed by atoms with Crippen LogP contribution in [0.5, 0.6) is 0 Å². The highest BCUT2D eigenvalue weighted by molar-refractivity contribution is 6.04. The number of hydrazone groups is 1. The number of rotatable bonds is 8. The summed E-state index contributed by atoms with van der Waals surface area (Å²) in [5.41, 5.74) is 8.08. The summed E-state index contributed by atoms with van der Waals surface area (Å²) < 4.78 is 1.55. The molecule has 2 amide bonds. The summed E-state index contributed by atoms with van der Waals surface area (Å²) in [6.45, 7) is 6.42. The van der Waals surface area contributed by atoms with E-state index in [2.05, 4.69) is 20.5 Å². The highest BCUT2D eigenvalue weighted by atomic mass is 16.2. The molecule has 30 heavy (non-hydrogen) atoms. The molecule has 2 aromatic rings. The fourth-order valence-corrected chi connectivity index (χ4v) is 3.24. The van der Waals surface area contributed by atoms with Gasteiger partial charge in [0.15, 0.2) is 0 Å². The van der Waals surface area contributed by atoms with E-state index in [0.29, 0.717) is 37.6 Å². The number of hydrogen-bond donors (Lipinski definition) is 2. The van der Waals surface area contributed by atoms with Gasteiger partial charge in [0, 0.05) is 19.4 Å².